The van der Waals surface area contributed by atoms with Gasteiger partial charge >= 0.3 is 5.97 Å². The van der Waals surface area contributed by atoms with Crippen molar-refractivity contribution >= 4 is 17.5 Å². The molecule has 1 saturated carbocycles. The molecule has 1 heterocycles. The van der Waals surface area contributed by atoms with Gasteiger partial charge in [-0.3, -0.25) is 14.4 Å². The van der Waals surface area contributed by atoms with Gasteiger partial charge in [0.1, 0.15) is 0 Å². The minimum Gasteiger partial charge on any atom is -0.453 e. The molecule has 0 radical (unpaired) electrons. The minimum absolute atomic E-state index is 0.118. The smallest absolute Gasteiger partial charge is 0.325 e. The van der Waals surface area contributed by atoms with Crippen LogP contribution >= 0.6 is 0 Å². The molecular formula is C22H20O4. The second-order valence-corrected chi connectivity index (χ2v) is 7.05. The fourth-order valence-corrected chi connectivity index (χ4v) is 3.76. The third kappa shape index (κ3) is 3.19. The van der Waals surface area contributed by atoms with Crippen LogP contribution in [0.2, 0.25) is 0 Å². The predicted molar refractivity (Wildman–Crippen MR) is 95.4 cm³/mol. The molecule has 1 saturated heterocycles. The Morgan fingerprint density at radius 2 is 1.62 bits per heavy atom. The van der Waals surface area contributed by atoms with Crippen molar-refractivity contribution in [1.82, 2.24) is 0 Å². The highest BCUT2D eigenvalue weighted by Crippen LogP contribution is 2.49. The molecule has 0 bridgehead atoms. The third-order valence-corrected chi connectivity index (χ3v) is 5.30. The van der Waals surface area contributed by atoms with Crippen LogP contribution in [0, 0.1) is 11.8 Å². The minimum atomic E-state index is -1.23. The Morgan fingerprint density at radius 3 is 2.31 bits per heavy atom. The van der Waals surface area contributed by atoms with Gasteiger partial charge in [-0.2, -0.15) is 0 Å². The van der Waals surface area contributed by atoms with Crippen LogP contribution in [0.15, 0.2) is 60.7 Å². The van der Waals surface area contributed by atoms with Crippen molar-refractivity contribution < 1.29 is 19.1 Å². The van der Waals surface area contributed by atoms with Crippen LogP contribution in [0.1, 0.15) is 29.9 Å². The molecule has 4 nitrogen and oxygen atoms in total. The van der Waals surface area contributed by atoms with Gasteiger partial charge in [0.25, 0.3) is 0 Å². The molecule has 2 aromatic rings. The summed E-state index contributed by atoms with van der Waals surface area (Å²) in [5.41, 5.74) is 2.17. The SMILES string of the molecule is O=C1OC(CCc2ccccc2)C(=O)C1C(=O)[C@@H]1C[C@H]1c1ccccc1. The number of rotatable bonds is 6. The molecule has 4 atom stereocenters. The lowest BCUT2D eigenvalue weighted by atomic mass is 9.92. The van der Waals surface area contributed by atoms with Gasteiger partial charge in [-0.05, 0) is 36.3 Å². The molecule has 2 aliphatic rings. The van der Waals surface area contributed by atoms with Crippen molar-refractivity contribution in [2.45, 2.75) is 31.3 Å². The van der Waals surface area contributed by atoms with Crippen LogP contribution < -0.4 is 0 Å². The summed E-state index contributed by atoms with van der Waals surface area (Å²) in [4.78, 5) is 37.5. The van der Waals surface area contributed by atoms with E-state index in [9.17, 15) is 14.4 Å². The fraction of sp³-hybridized carbons (Fsp3) is 0.318. The van der Waals surface area contributed by atoms with Crippen LogP contribution in [0.5, 0.6) is 0 Å². The number of hydrogen-bond donors (Lipinski definition) is 0. The number of esters is 1. The zero-order valence-electron chi connectivity index (χ0n) is 14.3. The van der Waals surface area contributed by atoms with Gasteiger partial charge < -0.3 is 4.74 Å². The number of cyclic esters (lactones) is 1. The van der Waals surface area contributed by atoms with E-state index >= 15 is 0 Å². The lowest BCUT2D eigenvalue weighted by molar-refractivity contribution is -0.147. The van der Waals surface area contributed by atoms with E-state index in [0.717, 1.165) is 11.1 Å². The fourth-order valence-electron chi connectivity index (χ4n) is 3.76. The van der Waals surface area contributed by atoms with Crippen molar-refractivity contribution in [3.8, 4) is 0 Å². The monoisotopic (exact) mass is 348 g/mol. The Balaban J connectivity index is 1.39. The average molecular weight is 348 g/mol. The predicted octanol–water partition coefficient (Wildman–Crippen LogP) is 3.10. The van der Waals surface area contributed by atoms with Gasteiger partial charge in [-0.15, -0.1) is 0 Å². The summed E-state index contributed by atoms with van der Waals surface area (Å²) in [6, 6.07) is 19.5. The van der Waals surface area contributed by atoms with Gasteiger partial charge in [-0.1, -0.05) is 60.7 Å². The van der Waals surface area contributed by atoms with Crippen LogP contribution in [0.3, 0.4) is 0 Å². The summed E-state index contributed by atoms with van der Waals surface area (Å²) in [6.07, 6.45) is 0.965. The molecule has 1 aliphatic carbocycles. The normalized spacial score (nSPS) is 27.2. The molecule has 2 unspecified atom stereocenters. The van der Waals surface area contributed by atoms with Gasteiger partial charge in [-0.25, -0.2) is 0 Å². The maximum Gasteiger partial charge on any atom is 0.325 e. The first-order chi connectivity index (χ1) is 12.6. The van der Waals surface area contributed by atoms with Crippen LogP contribution in [0.4, 0.5) is 0 Å². The van der Waals surface area contributed by atoms with Crippen molar-refractivity contribution in [3.05, 3.63) is 71.8 Å². The molecule has 1 aliphatic heterocycles. The number of benzene rings is 2. The number of aryl methyl sites for hydroxylation is 1. The highest BCUT2D eigenvalue weighted by Gasteiger charge is 2.54. The molecule has 26 heavy (non-hydrogen) atoms. The second-order valence-electron chi connectivity index (χ2n) is 7.05. The first-order valence-corrected chi connectivity index (χ1v) is 9.02. The lowest BCUT2D eigenvalue weighted by Crippen LogP contribution is -2.29. The van der Waals surface area contributed by atoms with Gasteiger partial charge in [0.05, 0.1) is 0 Å². The molecule has 4 rings (SSSR count). The van der Waals surface area contributed by atoms with Gasteiger partial charge in [0.2, 0.25) is 0 Å². The molecule has 0 spiro atoms. The molecule has 2 aromatic carbocycles. The van der Waals surface area contributed by atoms with E-state index in [0.29, 0.717) is 19.3 Å². The molecule has 4 heteroatoms. The van der Waals surface area contributed by atoms with E-state index in [4.69, 9.17) is 4.74 Å². The Kier molecular flexibility index (Phi) is 4.41. The number of carbonyl (C=O) groups is 3. The van der Waals surface area contributed by atoms with Crippen LogP contribution in [0.25, 0.3) is 0 Å². The molecule has 2 fully saturated rings. The van der Waals surface area contributed by atoms with E-state index < -0.39 is 18.0 Å². The maximum absolute atomic E-state index is 12.7. The summed E-state index contributed by atoms with van der Waals surface area (Å²) >= 11 is 0. The summed E-state index contributed by atoms with van der Waals surface area (Å²) in [7, 11) is 0. The third-order valence-electron chi connectivity index (χ3n) is 5.30. The second kappa shape index (κ2) is 6.87. The van der Waals surface area contributed by atoms with E-state index in [2.05, 4.69) is 0 Å². The topological polar surface area (TPSA) is 60.4 Å². The van der Waals surface area contributed by atoms with E-state index in [-0.39, 0.29) is 23.4 Å². The summed E-state index contributed by atoms with van der Waals surface area (Å²) in [5, 5.41) is 0. The number of hydrogen-bond acceptors (Lipinski definition) is 4. The lowest BCUT2D eigenvalue weighted by Gasteiger charge is -2.07. The Hall–Kier alpha value is -2.75. The van der Waals surface area contributed by atoms with Crippen molar-refractivity contribution in [1.29, 1.82) is 0 Å². The van der Waals surface area contributed by atoms with Crippen molar-refractivity contribution in [2.24, 2.45) is 11.8 Å². The highest BCUT2D eigenvalue weighted by molar-refractivity contribution is 6.22. The van der Waals surface area contributed by atoms with Gasteiger partial charge in [0.15, 0.2) is 23.6 Å². The molecule has 132 valence electrons. The highest BCUT2D eigenvalue weighted by atomic mass is 16.6. The number of ether oxygens (including phenoxy) is 1. The molecule has 0 aromatic heterocycles. The summed E-state index contributed by atoms with van der Waals surface area (Å²) in [5.74, 6) is -2.66. The zero-order chi connectivity index (χ0) is 18.1. The molecule has 0 N–H and O–H groups in total. The Morgan fingerprint density at radius 1 is 0.962 bits per heavy atom. The quantitative estimate of drug-likeness (QED) is 0.594. The average Bonchev–Trinajstić information content (AvgIpc) is 3.42. The van der Waals surface area contributed by atoms with Crippen LogP contribution in [-0.2, 0) is 25.5 Å². The standard InChI is InChI=1S/C22H20O4/c23-20(17-13-16(17)15-9-5-2-6-10-15)19-21(24)18(26-22(19)25)12-11-14-7-3-1-4-8-14/h1-10,16-19H,11-13H2/t16-,17+,18?,19?/m0/s1. The number of ketones is 2. The molecule has 0 amide bonds. The first kappa shape index (κ1) is 16.7. The maximum atomic E-state index is 12.7. The largest absolute Gasteiger partial charge is 0.453 e. The number of carbonyl (C=O) groups excluding carboxylic acids is 3. The summed E-state index contributed by atoms with van der Waals surface area (Å²) in [6.45, 7) is 0. The van der Waals surface area contributed by atoms with Gasteiger partial charge in [0, 0.05) is 5.92 Å². The van der Waals surface area contributed by atoms with E-state index in [1.54, 1.807) is 0 Å². The summed E-state index contributed by atoms with van der Waals surface area (Å²) < 4.78 is 5.24. The van der Waals surface area contributed by atoms with E-state index in [1.807, 2.05) is 60.7 Å². The van der Waals surface area contributed by atoms with Crippen molar-refractivity contribution in [3.63, 3.8) is 0 Å². The van der Waals surface area contributed by atoms with Crippen molar-refractivity contribution in [2.75, 3.05) is 0 Å². The van der Waals surface area contributed by atoms with Crippen LogP contribution in [-0.4, -0.2) is 23.6 Å². The number of Topliss-reactive ketones (excluding diaryl/α,β-unsaturated/α-hetero) is 2. The van der Waals surface area contributed by atoms with E-state index in [1.165, 1.54) is 0 Å². The Labute approximate surface area is 152 Å². The first-order valence-electron chi connectivity index (χ1n) is 9.02. The molecular weight excluding hydrogens is 328 g/mol. The zero-order valence-corrected chi connectivity index (χ0v) is 14.3. The Bertz CT molecular complexity index is 828.